The number of carboxylic acid groups (broad SMARTS) is 1. The maximum atomic E-state index is 9.38. The topological polar surface area (TPSA) is 61.1 Å². The molecule has 0 aliphatic carbocycles. The van der Waals surface area contributed by atoms with E-state index in [1.54, 1.807) is 0 Å². The molecule has 1 N–H and O–H groups in total. The molecular weight excluding hydrogens is 152 g/mol. The van der Waals surface area contributed by atoms with Crippen LogP contribution in [0.5, 0.6) is 0 Å². The summed E-state index contributed by atoms with van der Waals surface area (Å²) >= 11 is 0. The Kier molecular flexibility index (Phi) is 7.82. The SMILES string of the molecule is N#CCC(=O)O.[GaH3]. The second kappa shape index (κ2) is 5.60. The van der Waals surface area contributed by atoms with Gasteiger partial charge in [-0.2, -0.15) is 5.26 Å². The summed E-state index contributed by atoms with van der Waals surface area (Å²) in [6.45, 7) is 0. The number of hydrogen-bond donors (Lipinski definition) is 1. The first-order chi connectivity index (χ1) is 2.77. The molecule has 0 aromatic rings. The van der Waals surface area contributed by atoms with Crippen molar-refractivity contribution in [1.82, 2.24) is 0 Å². The van der Waals surface area contributed by atoms with E-state index in [9.17, 15) is 4.79 Å². The molecule has 0 rings (SSSR count). The summed E-state index contributed by atoms with van der Waals surface area (Å²) in [4.78, 5) is 9.38. The minimum absolute atomic E-state index is 0. The molecule has 0 spiro atoms. The zero-order chi connectivity index (χ0) is 4.99. The number of carbonyl (C=O) groups is 1. The van der Waals surface area contributed by atoms with E-state index in [0.29, 0.717) is 0 Å². The Morgan fingerprint density at radius 2 is 2.29 bits per heavy atom. The number of nitriles is 1. The quantitative estimate of drug-likeness (QED) is 0.487. The zero-order valence-electron chi connectivity index (χ0n) is 3.01. The monoisotopic (exact) mass is 157 g/mol. The van der Waals surface area contributed by atoms with Gasteiger partial charge in [-0.05, 0) is 0 Å². The van der Waals surface area contributed by atoms with Gasteiger partial charge in [0, 0.05) is 0 Å². The van der Waals surface area contributed by atoms with Gasteiger partial charge >= 0.3 is 25.8 Å². The fourth-order valence-electron chi connectivity index (χ4n) is 0.0676. The molecule has 0 saturated heterocycles. The van der Waals surface area contributed by atoms with Crippen LogP contribution in [0.25, 0.3) is 0 Å². The van der Waals surface area contributed by atoms with Crippen LogP contribution in [0.3, 0.4) is 0 Å². The molecule has 0 bridgehead atoms. The molecule has 0 aromatic heterocycles. The van der Waals surface area contributed by atoms with Crippen molar-refractivity contribution in [3.05, 3.63) is 0 Å². The van der Waals surface area contributed by atoms with E-state index in [1.165, 1.54) is 6.07 Å². The number of nitrogens with zero attached hydrogens (tertiary/aromatic N) is 1. The van der Waals surface area contributed by atoms with Gasteiger partial charge in [0.05, 0.1) is 6.07 Å². The Morgan fingerprint density at radius 3 is 2.29 bits per heavy atom. The Bertz CT molecular complexity index is 95.6. The zero-order valence-corrected chi connectivity index (χ0v) is 3.01. The third-order valence-corrected chi connectivity index (χ3v) is 0.230. The van der Waals surface area contributed by atoms with Crippen molar-refractivity contribution in [3.63, 3.8) is 0 Å². The van der Waals surface area contributed by atoms with Gasteiger partial charge in [-0.3, -0.25) is 4.79 Å². The molecule has 0 amide bonds. The van der Waals surface area contributed by atoms with E-state index < -0.39 is 12.4 Å². The van der Waals surface area contributed by atoms with Crippen molar-refractivity contribution in [2.75, 3.05) is 0 Å². The summed E-state index contributed by atoms with van der Waals surface area (Å²) in [6.07, 6.45) is -0.403. The molecule has 0 aliphatic heterocycles. The van der Waals surface area contributed by atoms with Gasteiger partial charge in [-0.25, -0.2) is 0 Å². The van der Waals surface area contributed by atoms with Crippen molar-refractivity contribution in [2.24, 2.45) is 0 Å². The number of rotatable bonds is 1. The van der Waals surface area contributed by atoms with Crippen LogP contribution in [-0.4, -0.2) is 30.9 Å². The van der Waals surface area contributed by atoms with Crippen molar-refractivity contribution in [1.29, 1.82) is 5.26 Å². The third kappa shape index (κ3) is 10.7. The first kappa shape index (κ1) is 9.78. The molecule has 38 valence electrons. The van der Waals surface area contributed by atoms with Crippen molar-refractivity contribution >= 4 is 25.8 Å². The minimum atomic E-state index is -1.07. The Labute approximate surface area is 54.0 Å². The summed E-state index contributed by atoms with van der Waals surface area (Å²) in [5, 5.41) is 15.3. The summed E-state index contributed by atoms with van der Waals surface area (Å²) in [5.41, 5.74) is 0. The summed E-state index contributed by atoms with van der Waals surface area (Å²) < 4.78 is 0. The van der Waals surface area contributed by atoms with E-state index in [0.717, 1.165) is 0 Å². The molecule has 0 aliphatic rings. The first-order valence-electron chi connectivity index (χ1n) is 1.36. The van der Waals surface area contributed by atoms with E-state index in [4.69, 9.17) is 10.4 Å². The third-order valence-electron chi connectivity index (χ3n) is 0.230. The maximum absolute atomic E-state index is 9.38. The second-order valence-electron chi connectivity index (χ2n) is 0.729. The summed E-state index contributed by atoms with van der Waals surface area (Å²) in [7, 11) is 0. The van der Waals surface area contributed by atoms with Gasteiger partial charge in [-0.15, -0.1) is 0 Å². The van der Waals surface area contributed by atoms with Crippen LogP contribution in [0.1, 0.15) is 6.42 Å². The average Bonchev–Trinajstić information content (AvgIpc) is 1.35. The van der Waals surface area contributed by atoms with Gasteiger partial charge in [0.2, 0.25) is 0 Å². The molecule has 3 nitrogen and oxygen atoms in total. The van der Waals surface area contributed by atoms with Crippen LogP contribution in [0, 0.1) is 11.3 Å². The van der Waals surface area contributed by atoms with Crippen LogP contribution in [0.4, 0.5) is 0 Å². The molecule has 0 saturated carbocycles. The van der Waals surface area contributed by atoms with Gasteiger partial charge in [-0.1, -0.05) is 0 Å². The number of carboxylic acids is 1. The Hall–Kier alpha value is -0.404. The molecule has 0 fully saturated rings. The van der Waals surface area contributed by atoms with Crippen LogP contribution >= 0.6 is 0 Å². The molecular formula is C3H6GaNO2. The van der Waals surface area contributed by atoms with E-state index in [1.807, 2.05) is 0 Å². The summed E-state index contributed by atoms with van der Waals surface area (Å²) in [6, 6.07) is 1.47. The van der Waals surface area contributed by atoms with Gasteiger partial charge < -0.3 is 5.11 Å². The van der Waals surface area contributed by atoms with Crippen LogP contribution < -0.4 is 0 Å². The average molecular weight is 158 g/mol. The molecule has 0 heterocycles. The number of aliphatic carboxylic acids is 1. The normalized spacial score (nSPS) is 5.57. The predicted molar refractivity (Wildman–Crippen MR) is 27.8 cm³/mol. The number of hydrogen-bond acceptors (Lipinski definition) is 2. The van der Waals surface area contributed by atoms with Gasteiger partial charge in [0.15, 0.2) is 0 Å². The molecule has 7 heavy (non-hydrogen) atoms. The first-order valence-corrected chi connectivity index (χ1v) is 1.36. The van der Waals surface area contributed by atoms with Crippen molar-refractivity contribution in [3.8, 4) is 6.07 Å². The Morgan fingerprint density at radius 1 is 1.86 bits per heavy atom. The van der Waals surface area contributed by atoms with E-state index in [-0.39, 0.29) is 19.8 Å². The fourth-order valence-corrected chi connectivity index (χ4v) is 0.0676. The van der Waals surface area contributed by atoms with Crippen LogP contribution in [0.2, 0.25) is 0 Å². The van der Waals surface area contributed by atoms with Crippen LogP contribution in [0.15, 0.2) is 0 Å². The fraction of sp³-hybridized carbons (Fsp3) is 0.333. The van der Waals surface area contributed by atoms with Gasteiger partial charge in [0.25, 0.3) is 0 Å². The molecule has 0 unspecified atom stereocenters. The molecule has 0 aromatic carbocycles. The Balaban J connectivity index is 0. The van der Waals surface area contributed by atoms with Crippen molar-refractivity contribution < 1.29 is 9.90 Å². The van der Waals surface area contributed by atoms with E-state index in [2.05, 4.69) is 0 Å². The predicted octanol–water partition coefficient (Wildman–Crippen LogP) is -1.20. The summed E-state index contributed by atoms with van der Waals surface area (Å²) in [5.74, 6) is -1.07. The van der Waals surface area contributed by atoms with Crippen molar-refractivity contribution in [2.45, 2.75) is 6.42 Å². The van der Waals surface area contributed by atoms with E-state index >= 15 is 0 Å². The molecule has 4 heteroatoms. The standard InChI is InChI=1S/C3H3NO2.Ga.3H/c4-2-1-3(5)6;;;;/h1H2,(H,5,6);;;;. The van der Waals surface area contributed by atoms with Crippen LogP contribution in [-0.2, 0) is 4.79 Å². The molecule has 0 radical (unpaired) electrons. The second-order valence-corrected chi connectivity index (χ2v) is 0.729. The molecule has 0 atom stereocenters. The van der Waals surface area contributed by atoms with Gasteiger partial charge in [0.1, 0.15) is 6.42 Å².